The number of hydrogen-bond acceptors (Lipinski definition) is 4. The monoisotopic (exact) mass is 491 g/mol. The summed E-state index contributed by atoms with van der Waals surface area (Å²) in [6.07, 6.45) is 12.0. The number of aryl methyl sites for hydroxylation is 2. The van der Waals surface area contributed by atoms with Crippen LogP contribution in [0.25, 0.3) is 10.8 Å². The second-order valence-electron chi connectivity index (χ2n) is 9.71. The Bertz CT molecular complexity index is 815. The van der Waals surface area contributed by atoms with Gasteiger partial charge in [0.05, 0.1) is 5.69 Å². The third-order valence-corrected chi connectivity index (χ3v) is 7.50. The van der Waals surface area contributed by atoms with Crippen LogP contribution in [0.15, 0.2) is 12.1 Å². The van der Waals surface area contributed by atoms with Gasteiger partial charge in [0.15, 0.2) is 5.82 Å². The maximum absolute atomic E-state index is 13.4. The number of anilines is 1. The quantitative estimate of drug-likeness (QED) is 0.300. The number of benzene rings is 1. The van der Waals surface area contributed by atoms with Crippen molar-refractivity contribution < 1.29 is 9.13 Å². The average molecular weight is 492 g/mol. The maximum Gasteiger partial charge on any atom is 0.156 e. The minimum Gasteiger partial charge on any atom is -0.385 e. The summed E-state index contributed by atoms with van der Waals surface area (Å²) in [6.45, 7) is 18.5. The highest BCUT2D eigenvalue weighted by Gasteiger charge is 2.30. The number of aromatic nitrogens is 2. The van der Waals surface area contributed by atoms with E-state index in [9.17, 15) is 4.39 Å². The fourth-order valence-corrected chi connectivity index (χ4v) is 4.75. The smallest absolute Gasteiger partial charge is 0.156 e. The molecule has 0 aliphatic carbocycles. The van der Waals surface area contributed by atoms with Crippen molar-refractivity contribution in [1.29, 1.82) is 0 Å². The molecular weight excluding hydrogens is 437 g/mol. The lowest BCUT2D eigenvalue weighted by molar-refractivity contribution is 0.135. The van der Waals surface area contributed by atoms with Crippen LogP contribution in [0, 0.1) is 31.0 Å². The minimum atomic E-state index is -0.208. The zero-order valence-electron chi connectivity index (χ0n) is 24.5. The van der Waals surface area contributed by atoms with Gasteiger partial charge in [-0.1, -0.05) is 86.5 Å². The minimum absolute atomic E-state index is 0.208. The van der Waals surface area contributed by atoms with E-state index in [1.807, 2.05) is 6.92 Å². The van der Waals surface area contributed by atoms with Crippen molar-refractivity contribution >= 4 is 16.6 Å². The van der Waals surface area contributed by atoms with Crippen LogP contribution in [0.1, 0.15) is 111 Å². The van der Waals surface area contributed by atoms with Gasteiger partial charge < -0.3 is 10.1 Å². The van der Waals surface area contributed by atoms with E-state index in [4.69, 9.17) is 4.74 Å². The Balaban J connectivity index is 0.000000523. The topological polar surface area (TPSA) is 47.0 Å². The predicted octanol–water partition coefficient (Wildman–Crippen LogP) is 9.28. The third kappa shape index (κ3) is 10.8. The Kier molecular flexibility index (Phi) is 17.6. The third-order valence-electron chi connectivity index (χ3n) is 7.50. The molecule has 1 heterocycles. The highest BCUT2D eigenvalue weighted by Crippen LogP contribution is 2.41. The molecule has 0 aliphatic heterocycles. The first-order chi connectivity index (χ1) is 16.7. The SMILES string of the molecule is CCCC(CC)(CC)C(C)CC.CCCCCCOC.CNc1nnc(C)c2cc(F)c(C)cc12. The van der Waals surface area contributed by atoms with Gasteiger partial charge in [-0.2, -0.15) is 5.10 Å². The molecule has 0 bridgehead atoms. The van der Waals surface area contributed by atoms with Gasteiger partial charge in [-0.3, -0.25) is 0 Å². The molecular formula is C30H54FN3O. The second kappa shape index (κ2) is 18.5. The summed E-state index contributed by atoms with van der Waals surface area (Å²) in [5.74, 6) is 1.37. The van der Waals surface area contributed by atoms with Crippen LogP contribution >= 0.6 is 0 Å². The average Bonchev–Trinajstić information content (AvgIpc) is 2.87. The summed E-state index contributed by atoms with van der Waals surface area (Å²) in [6, 6.07) is 3.30. The van der Waals surface area contributed by atoms with Crippen molar-refractivity contribution in [3.8, 4) is 0 Å². The summed E-state index contributed by atoms with van der Waals surface area (Å²) in [4.78, 5) is 0. The molecule has 1 aromatic heterocycles. The standard InChI is InChI=1S/C12H26.C11H12FN3.C7H16O/c1-6-10-12(8-3,9-4)11(5)7-2;1-6-4-9-8(5-10(6)12)7(2)14-15-11(9)13-3;1-3-4-5-6-7-8-2/h11H,6-10H2,1-5H3;4-5H,1-3H3,(H,13,15);3-7H2,1-2H3. The number of unbranched alkanes of at least 4 members (excludes halogenated alkanes) is 3. The van der Waals surface area contributed by atoms with Crippen molar-refractivity contribution in [2.45, 2.75) is 113 Å². The molecule has 2 aromatic rings. The summed E-state index contributed by atoms with van der Waals surface area (Å²) >= 11 is 0. The molecule has 1 atom stereocenters. The molecule has 0 saturated carbocycles. The van der Waals surface area contributed by atoms with Gasteiger partial charge in [0, 0.05) is 31.5 Å². The van der Waals surface area contributed by atoms with E-state index in [0.29, 0.717) is 16.8 Å². The van der Waals surface area contributed by atoms with Crippen LogP contribution in [0.2, 0.25) is 0 Å². The van der Waals surface area contributed by atoms with Crippen molar-refractivity contribution in [2.75, 3.05) is 26.1 Å². The number of fused-ring (bicyclic) bond motifs is 1. The molecule has 0 amide bonds. The van der Waals surface area contributed by atoms with E-state index in [0.717, 1.165) is 29.0 Å². The molecule has 202 valence electrons. The van der Waals surface area contributed by atoms with Crippen LogP contribution in [-0.4, -0.2) is 31.0 Å². The van der Waals surface area contributed by atoms with Gasteiger partial charge in [0.2, 0.25) is 0 Å². The Morgan fingerprint density at radius 2 is 1.60 bits per heavy atom. The highest BCUT2D eigenvalue weighted by atomic mass is 19.1. The number of halogens is 1. The number of methoxy groups -OCH3 is 1. The van der Waals surface area contributed by atoms with Crippen LogP contribution < -0.4 is 5.32 Å². The second-order valence-corrected chi connectivity index (χ2v) is 9.71. The lowest BCUT2D eigenvalue weighted by atomic mass is 9.68. The predicted molar refractivity (Wildman–Crippen MR) is 152 cm³/mol. The van der Waals surface area contributed by atoms with E-state index < -0.39 is 0 Å². The van der Waals surface area contributed by atoms with Crippen LogP contribution in [0.5, 0.6) is 0 Å². The summed E-state index contributed by atoms with van der Waals surface area (Å²) in [5.41, 5.74) is 2.00. The zero-order chi connectivity index (χ0) is 26.9. The number of nitrogens with zero attached hydrogens (tertiary/aromatic N) is 2. The molecule has 1 N–H and O–H groups in total. The number of nitrogens with one attached hydrogen (secondary N) is 1. The van der Waals surface area contributed by atoms with E-state index in [2.05, 4.69) is 57.1 Å². The van der Waals surface area contributed by atoms with Gasteiger partial charge >= 0.3 is 0 Å². The fourth-order valence-electron chi connectivity index (χ4n) is 4.75. The van der Waals surface area contributed by atoms with E-state index in [1.165, 1.54) is 63.9 Å². The molecule has 0 saturated heterocycles. The summed E-state index contributed by atoms with van der Waals surface area (Å²) < 4.78 is 18.3. The Hall–Kier alpha value is -1.75. The molecule has 5 heteroatoms. The van der Waals surface area contributed by atoms with Crippen LogP contribution in [0.3, 0.4) is 0 Å². The van der Waals surface area contributed by atoms with Gasteiger partial charge in [0.25, 0.3) is 0 Å². The lowest BCUT2D eigenvalue weighted by Gasteiger charge is -2.37. The molecule has 1 unspecified atom stereocenters. The first-order valence-electron chi connectivity index (χ1n) is 13.8. The van der Waals surface area contributed by atoms with Crippen molar-refractivity contribution in [2.24, 2.45) is 11.3 Å². The summed E-state index contributed by atoms with van der Waals surface area (Å²) in [5, 5.41) is 12.6. The van der Waals surface area contributed by atoms with Crippen LogP contribution in [0.4, 0.5) is 10.2 Å². The number of hydrogen-bond donors (Lipinski definition) is 1. The molecule has 4 nitrogen and oxygen atoms in total. The largest absolute Gasteiger partial charge is 0.385 e. The molecule has 0 fully saturated rings. The van der Waals surface area contributed by atoms with Gasteiger partial charge in [-0.05, 0) is 55.7 Å². The Morgan fingerprint density at radius 1 is 0.943 bits per heavy atom. The molecule has 2 rings (SSSR count). The molecule has 0 radical (unpaired) electrons. The van der Waals surface area contributed by atoms with Crippen molar-refractivity contribution in [1.82, 2.24) is 10.2 Å². The fraction of sp³-hybridized carbons (Fsp3) is 0.733. The van der Waals surface area contributed by atoms with Gasteiger partial charge in [-0.15, -0.1) is 5.10 Å². The summed E-state index contributed by atoms with van der Waals surface area (Å²) in [7, 11) is 3.53. The molecule has 0 spiro atoms. The van der Waals surface area contributed by atoms with E-state index in [1.54, 1.807) is 27.1 Å². The Labute approximate surface area is 215 Å². The van der Waals surface area contributed by atoms with Gasteiger partial charge in [-0.25, -0.2) is 4.39 Å². The lowest BCUT2D eigenvalue weighted by Crippen LogP contribution is -2.27. The molecule has 35 heavy (non-hydrogen) atoms. The number of rotatable bonds is 12. The van der Waals surface area contributed by atoms with E-state index in [-0.39, 0.29) is 5.82 Å². The molecule has 1 aromatic carbocycles. The zero-order valence-corrected chi connectivity index (χ0v) is 24.5. The van der Waals surface area contributed by atoms with Crippen molar-refractivity contribution in [3.63, 3.8) is 0 Å². The first-order valence-corrected chi connectivity index (χ1v) is 13.8. The Morgan fingerprint density at radius 3 is 2.09 bits per heavy atom. The van der Waals surface area contributed by atoms with Crippen LogP contribution in [-0.2, 0) is 4.74 Å². The first kappa shape index (κ1) is 33.2. The highest BCUT2D eigenvalue weighted by molar-refractivity contribution is 5.93. The normalized spacial score (nSPS) is 11.9. The van der Waals surface area contributed by atoms with Crippen molar-refractivity contribution in [3.05, 3.63) is 29.2 Å². The molecule has 0 aliphatic rings. The van der Waals surface area contributed by atoms with E-state index >= 15 is 0 Å². The number of ether oxygens (including phenoxy) is 1. The maximum atomic E-state index is 13.4. The van der Waals surface area contributed by atoms with Gasteiger partial charge in [0.1, 0.15) is 5.82 Å².